The summed E-state index contributed by atoms with van der Waals surface area (Å²) in [5.41, 5.74) is 0.589. The van der Waals surface area contributed by atoms with Gasteiger partial charge in [0.05, 0.1) is 6.21 Å². The van der Waals surface area contributed by atoms with Gasteiger partial charge in [0.2, 0.25) is 4.77 Å². The van der Waals surface area contributed by atoms with Crippen molar-refractivity contribution in [3.63, 3.8) is 0 Å². The second-order valence-corrected chi connectivity index (χ2v) is 5.95. The molecule has 1 saturated heterocycles. The lowest BCUT2D eigenvalue weighted by Crippen LogP contribution is -2.05. The number of benzene rings is 1. The van der Waals surface area contributed by atoms with E-state index in [4.69, 9.17) is 17.0 Å². The van der Waals surface area contributed by atoms with Gasteiger partial charge < -0.3 is 9.84 Å². The van der Waals surface area contributed by atoms with E-state index >= 15 is 0 Å². The summed E-state index contributed by atoms with van der Waals surface area (Å²) in [5.74, 6) is 0.805. The lowest BCUT2D eigenvalue weighted by Gasteiger charge is -2.07. The smallest absolute Gasteiger partial charge is 0.216 e. The molecule has 21 heavy (non-hydrogen) atoms. The lowest BCUT2D eigenvalue weighted by atomic mass is 10.2. The fourth-order valence-electron chi connectivity index (χ4n) is 2.15. The average molecular weight is 369 g/mol. The number of hydrogen-bond donors (Lipinski definition) is 2. The predicted molar refractivity (Wildman–Crippen MR) is 84.1 cm³/mol. The standard InChI is InChI=1S/C13H13BrN4O2S/c14-9-3-4-10(19)8(6-9)7-15-18-12(16-17-13(18)21)11-2-1-5-20-11/h3-4,6-7,11,19H,1-2,5H2,(H,17,21)/b15-7+/t11-/m0/s1. The van der Waals surface area contributed by atoms with Crippen LogP contribution >= 0.6 is 28.1 Å². The van der Waals surface area contributed by atoms with E-state index in [9.17, 15) is 5.11 Å². The molecule has 0 bridgehead atoms. The van der Waals surface area contributed by atoms with Crippen molar-refractivity contribution in [1.29, 1.82) is 0 Å². The Morgan fingerprint density at radius 1 is 1.57 bits per heavy atom. The highest BCUT2D eigenvalue weighted by Crippen LogP contribution is 2.27. The zero-order valence-corrected chi connectivity index (χ0v) is 13.4. The van der Waals surface area contributed by atoms with Crippen LogP contribution in [0, 0.1) is 4.77 Å². The van der Waals surface area contributed by atoms with Gasteiger partial charge in [-0.3, -0.25) is 5.10 Å². The Kier molecular flexibility index (Phi) is 4.18. The molecule has 0 aliphatic carbocycles. The number of phenols is 1. The summed E-state index contributed by atoms with van der Waals surface area (Å²) >= 11 is 8.55. The van der Waals surface area contributed by atoms with Crippen LogP contribution in [-0.4, -0.2) is 32.8 Å². The molecule has 0 radical (unpaired) electrons. The van der Waals surface area contributed by atoms with Gasteiger partial charge in [-0.1, -0.05) is 15.9 Å². The molecule has 6 nitrogen and oxygen atoms in total. The third-order valence-corrected chi connectivity index (χ3v) is 3.95. The molecule has 0 spiro atoms. The van der Waals surface area contributed by atoms with Crippen LogP contribution in [0.1, 0.15) is 30.3 Å². The molecular weight excluding hydrogens is 356 g/mol. The number of rotatable bonds is 3. The number of aromatic hydroxyl groups is 1. The monoisotopic (exact) mass is 368 g/mol. The number of halogens is 1. The zero-order valence-electron chi connectivity index (χ0n) is 11.0. The summed E-state index contributed by atoms with van der Waals surface area (Å²) in [5, 5.41) is 21.0. The maximum absolute atomic E-state index is 9.82. The van der Waals surface area contributed by atoms with E-state index < -0.39 is 0 Å². The van der Waals surface area contributed by atoms with Crippen molar-refractivity contribution in [2.24, 2.45) is 5.10 Å². The zero-order chi connectivity index (χ0) is 14.8. The van der Waals surface area contributed by atoms with E-state index in [2.05, 4.69) is 31.2 Å². The molecule has 110 valence electrons. The minimum absolute atomic E-state index is 0.0915. The van der Waals surface area contributed by atoms with Crippen LogP contribution in [0.5, 0.6) is 5.75 Å². The average Bonchev–Trinajstić information content (AvgIpc) is 3.09. The molecular formula is C13H13BrN4O2S. The topological polar surface area (TPSA) is 75.4 Å². The van der Waals surface area contributed by atoms with Crippen LogP contribution in [0.15, 0.2) is 27.8 Å². The van der Waals surface area contributed by atoms with Gasteiger partial charge in [-0.25, -0.2) is 0 Å². The van der Waals surface area contributed by atoms with Crippen molar-refractivity contribution >= 4 is 34.4 Å². The van der Waals surface area contributed by atoms with Crippen molar-refractivity contribution in [3.05, 3.63) is 38.8 Å². The highest BCUT2D eigenvalue weighted by Gasteiger charge is 2.23. The molecule has 1 fully saturated rings. The number of aromatic nitrogens is 3. The first-order chi connectivity index (χ1) is 10.1. The molecule has 0 unspecified atom stereocenters. The third kappa shape index (κ3) is 3.07. The number of phenolic OH excluding ortho intramolecular Hbond substituents is 1. The predicted octanol–water partition coefficient (Wildman–Crippen LogP) is 3.14. The number of ether oxygens (including phenoxy) is 1. The van der Waals surface area contributed by atoms with Crippen molar-refractivity contribution in [2.45, 2.75) is 18.9 Å². The second kappa shape index (κ2) is 6.08. The molecule has 8 heteroatoms. The molecule has 0 saturated carbocycles. The van der Waals surface area contributed by atoms with Gasteiger partial charge in [0.1, 0.15) is 11.9 Å². The molecule has 2 heterocycles. The largest absolute Gasteiger partial charge is 0.507 e. The molecule has 2 aromatic rings. The highest BCUT2D eigenvalue weighted by molar-refractivity contribution is 9.10. The fourth-order valence-corrected chi connectivity index (χ4v) is 2.72. The number of hydrogen-bond acceptors (Lipinski definition) is 5. The number of H-pyrrole nitrogens is 1. The van der Waals surface area contributed by atoms with Gasteiger partial charge in [-0.05, 0) is 43.3 Å². The van der Waals surface area contributed by atoms with Crippen molar-refractivity contribution < 1.29 is 9.84 Å². The van der Waals surface area contributed by atoms with Gasteiger partial charge in [0.15, 0.2) is 5.82 Å². The quantitative estimate of drug-likeness (QED) is 0.644. The first-order valence-corrected chi connectivity index (χ1v) is 7.67. The first kappa shape index (κ1) is 14.4. The molecule has 0 amide bonds. The Balaban J connectivity index is 1.94. The second-order valence-electron chi connectivity index (χ2n) is 4.65. The maximum Gasteiger partial charge on any atom is 0.216 e. The summed E-state index contributed by atoms with van der Waals surface area (Å²) < 4.78 is 8.39. The summed E-state index contributed by atoms with van der Waals surface area (Å²) in [4.78, 5) is 0. The Labute approximate surface area is 134 Å². The maximum atomic E-state index is 9.82. The van der Waals surface area contributed by atoms with Crippen LogP contribution in [0.25, 0.3) is 0 Å². The van der Waals surface area contributed by atoms with E-state index in [1.807, 2.05) is 0 Å². The fraction of sp³-hybridized carbons (Fsp3) is 0.308. The van der Waals surface area contributed by atoms with E-state index in [1.54, 1.807) is 24.4 Å². The Bertz CT molecular complexity index is 734. The van der Waals surface area contributed by atoms with E-state index in [0.717, 1.165) is 23.9 Å². The van der Waals surface area contributed by atoms with E-state index in [1.165, 1.54) is 4.68 Å². The molecule has 1 aromatic carbocycles. The number of nitrogens with one attached hydrogen (secondary N) is 1. The van der Waals surface area contributed by atoms with Gasteiger partial charge >= 0.3 is 0 Å². The number of aromatic amines is 1. The molecule has 2 N–H and O–H groups in total. The van der Waals surface area contributed by atoms with E-state index in [-0.39, 0.29) is 11.9 Å². The van der Waals surface area contributed by atoms with Crippen LogP contribution < -0.4 is 0 Å². The molecule has 1 aromatic heterocycles. The van der Waals surface area contributed by atoms with Gasteiger partial charge in [-0.2, -0.15) is 14.9 Å². The van der Waals surface area contributed by atoms with Gasteiger partial charge in [0.25, 0.3) is 0 Å². The summed E-state index contributed by atoms with van der Waals surface area (Å²) in [7, 11) is 0. The van der Waals surface area contributed by atoms with Crippen LogP contribution in [0.4, 0.5) is 0 Å². The Hall–Kier alpha value is -1.51. The Morgan fingerprint density at radius 2 is 2.43 bits per heavy atom. The highest BCUT2D eigenvalue weighted by atomic mass is 79.9. The molecule has 1 aliphatic rings. The molecule has 1 atom stereocenters. The van der Waals surface area contributed by atoms with Crippen LogP contribution in [0.3, 0.4) is 0 Å². The summed E-state index contributed by atoms with van der Waals surface area (Å²) in [6.45, 7) is 0.723. The number of nitrogens with zero attached hydrogens (tertiary/aromatic N) is 3. The van der Waals surface area contributed by atoms with Crippen molar-refractivity contribution in [3.8, 4) is 5.75 Å². The Morgan fingerprint density at radius 3 is 3.19 bits per heavy atom. The SMILES string of the molecule is Oc1ccc(Br)cc1/C=N/n1c([C@@H]2CCCO2)n[nH]c1=S. The summed E-state index contributed by atoms with van der Waals surface area (Å²) in [6, 6.07) is 5.13. The van der Waals surface area contributed by atoms with Crippen molar-refractivity contribution in [1.82, 2.24) is 14.9 Å². The van der Waals surface area contributed by atoms with Crippen molar-refractivity contribution in [2.75, 3.05) is 6.61 Å². The third-order valence-electron chi connectivity index (χ3n) is 3.20. The minimum Gasteiger partial charge on any atom is -0.507 e. The van der Waals surface area contributed by atoms with E-state index in [0.29, 0.717) is 16.2 Å². The lowest BCUT2D eigenvalue weighted by molar-refractivity contribution is 0.102. The van der Waals surface area contributed by atoms with Crippen LogP contribution in [-0.2, 0) is 4.74 Å². The summed E-state index contributed by atoms with van der Waals surface area (Å²) in [6.07, 6.45) is 3.35. The van der Waals surface area contributed by atoms with Gasteiger partial charge in [-0.15, -0.1) is 0 Å². The first-order valence-electron chi connectivity index (χ1n) is 6.47. The minimum atomic E-state index is -0.0915. The van der Waals surface area contributed by atoms with Crippen LogP contribution in [0.2, 0.25) is 0 Å². The molecule has 1 aliphatic heterocycles. The normalized spacial score (nSPS) is 18.6. The van der Waals surface area contributed by atoms with Gasteiger partial charge in [0, 0.05) is 16.6 Å². The molecule has 3 rings (SSSR count).